The van der Waals surface area contributed by atoms with E-state index in [2.05, 4.69) is 34.7 Å². The Balaban J connectivity index is 1.46. The minimum absolute atomic E-state index is 0.165. The van der Waals surface area contributed by atoms with Crippen molar-refractivity contribution >= 4 is 23.3 Å². The van der Waals surface area contributed by atoms with Crippen LogP contribution >= 0.6 is 0 Å². The summed E-state index contributed by atoms with van der Waals surface area (Å²) in [5.74, 6) is -0.189. The molecule has 7 heteroatoms. The van der Waals surface area contributed by atoms with Gasteiger partial charge in [0.25, 0.3) is 0 Å². The third kappa shape index (κ3) is 4.47. The number of methoxy groups -OCH3 is 1. The van der Waals surface area contributed by atoms with Crippen LogP contribution < -0.4 is 10.6 Å². The number of carbonyl (C=O) groups excluding carboxylic acids is 2. The molecule has 2 aromatic carbocycles. The first-order valence-electron chi connectivity index (χ1n) is 10.3. The number of hydrogen-bond donors (Lipinski definition) is 2. The van der Waals surface area contributed by atoms with E-state index in [0.717, 1.165) is 25.2 Å². The highest BCUT2D eigenvalue weighted by molar-refractivity contribution is 5.99. The molecule has 2 atom stereocenters. The van der Waals surface area contributed by atoms with Gasteiger partial charge in [-0.05, 0) is 48.9 Å². The zero-order chi connectivity index (χ0) is 21.1. The smallest absolute Gasteiger partial charge is 0.322 e. The van der Waals surface area contributed by atoms with Gasteiger partial charge in [-0.3, -0.25) is 4.79 Å². The Morgan fingerprint density at radius 1 is 1.03 bits per heavy atom. The zero-order valence-corrected chi connectivity index (χ0v) is 17.4. The monoisotopic (exact) mass is 408 g/mol. The predicted octanol–water partition coefficient (Wildman–Crippen LogP) is 2.93. The number of benzene rings is 2. The molecule has 0 saturated carbocycles. The average molecular weight is 409 g/mol. The fourth-order valence-electron chi connectivity index (χ4n) is 4.16. The fourth-order valence-corrected chi connectivity index (χ4v) is 4.16. The molecule has 2 aromatic rings. The summed E-state index contributed by atoms with van der Waals surface area (Å²) in [7, 11) is 3.72. The van der Waals surface area contributed by atoms with Crippen molar-refractivity contribution in [1.29, 1.82) is 0 Å². The van der Waals surface area contributed by atoms with Crippen LogP contribution in [0.15, 0.2) is 48.5 Å². The molecule has 158 valence electrons. The molecule has 0 aromatic heterocycles. The first-order chi connectivity index (χ1) is 14.5. The van der Waals surface area contributed by atoms with E-state index in [1.54, 1.807) is 12.0 Å². The van der Waals surface area contributed by atoms with Gasteiger partial charge in [0.05, 0.1) is 6.10 Å². The van der Waals surface area contributed by atoms with Gasteiger partial charge in [0.2, 0.25) is 5.91 Å². The Morgan fingerprint density at radius 2 is 1.83 bits per heavy atom. The third-order valence-electron chi connectivity index (χ3n) is 5.86. The van der Waals surface area contributed by atoms with E-state index < -0.39 is 6.04 Å². The SMILES string of the molecule is CO[C@@H]1C[C@H](C(=O)Nc2ccc3c(c2)CCN(C)C3)N(C(=O)Nc2ccccc2)C1. The van der Waals surface area contributed by atoms with Crippen LogP contribution in [0.2, 0.25) is 0 Å². The number of carbonyl (C=O) groups is 2. The van der Waals surface area contributed by atoms with Crippen molar-refractivity contribution < 1.29 is 14.3 Å². The van der Waals surface area contributed by atoms with Crippen LogP contribution in [0.25, 0.3) is 0 Å². The van der Waals surface area contributed by atoms with Gasteiger partial charge in [-0.1, -0.05) is 24.3 Å². The van der Waals surface area contributed by atoms with Crippen molar-refractivity contribution in [3.05, 3.63) is 59.7 Å². The summed E-state index contributed by atoms with van der Waals surface area (Å²) in [6, 6.07) is 14.4. The number of para-hydroxylation sites is 1. The molecule has 2 aliphatic heterocycles. The second-order valence-corrected chi connectivity index (χ2v) is 8.02. The number of rotatable bonds is 4. The molecule has 2 heterocycles. The number of fused-ring (bicyclic) bond motifs is 1. The van der Waals surface area contributed by atoms with E-state index in [0.29, 0.717) is 18.7 Å². The molecular weight excluding hydrogens is 380 g/mol. The highest BCUT2D eigenvalue weighted by Crippen LogP contribution is 2.25. The van der Waals surface area contributed by atoms with Crippen LogP contribution in [0.5, 0.6) is 0 Å². The van der Waals surface area contributed by atoms with Crippen molar-refractivity contribution in [3.63, 3.8) is 0 Å². The maximum Gasteiger partial charge on any atom is 0.322 e. The van der Waals surface area contributed by atoms with Gasteiger partial charge >= 0.3 is 6.03 Å². The molecule has 0 aliphatic carbocycles. The molecule has 1 saturated heterocycles. The lowest BCUT2D eigenvalue weighted by Gasteiger charge is -2.26. The second kappa shape index (κ2) is 8.85. The molecular formula is C23H28N4O3. The van der Waals surface area contributed by atoms with Gasteiger partial charge in [-0.25, -0.2) is 4.79 Å². The predicted molar refractivity (Wildman–Crippen MR) is 116 cm³/mol. The molecule has 7 nitrogen and oxygen atoms in total. The van der Waals surface area contributed by atoms with Gasteiger partial charge in [0, 0.05) is 44.5 Å². The molecule has 30 heavy (non-hydrogen) atoms. The van der Waals surface area contributed by atoms with E-state index in [1.807, 2.05) is 36.4 Å². The zero-order valence-electron chi connectivity index (χ0n) is 17.4. The number of likely N-dealkylation sites (tertiary alicyclic amines) is 1. The Labute approximate surface area is 177 Å². The maximum atomic E-state index is 13.1. The molecule has 0 unspecified atom stereocenters. The number of amides is 3. The topological polar surface area (TPSA) is 73.9 Å². The van der Waals surface area contributed by atoms with Crippen molar-refractivity contribution in [2.45, 2.75) is 31.5 Å². The highest BCUT2D eigenvalue weighted by Gasteiger charge is 2.40. The molecule has 2 N–H and O–H groups in total. The third-order valence-corrected chi connectivity index (χ3v) is 5.86. The van der Waals surface area contributed by atoms with E-state index >= 15 is 0 Å². The normalized spacial score (nSPS) is 21.2. The van der Waals surface area contributed by atoms with Crippen LogP contribution in [-0.2, 0) is 22.5 Å². The van der Waals surface area contributed by atoms with Crippen LogP contribution in [-0.4, -0.2) is 61.1 Å². The van der Waals surface area contributed by atoms with Crippen molar-refractivity contribution in [2.24, 2.45) is 0 Å². The first kappa shape index (κ1) is 20.4. The number of hydrogen-bond acceptors (Lipinski definition) is 4. The maximum absolute atomic E-state index is 13.1. The molecule has 0 bridgehead atoms. The van der Waals surface area contributed by atoms with Crippen molar-refractivity contribution in [3.8, 4) is 0 Å². The summed E-state index contributed by atoms with van der Waals surface area (Å²) in [6.45, 7) is 2.31. The summed E-state index contributed by atoms with van der Waals surface area (Å²) in [5, 5.41) is 5.88. The average Bonchev–Trinajstić information content (AvgIpc) is 3.19. The molecule has 1 fully saturated rings. The number of ether oxygens (including phenoxy) is 1. The fraction of sp³-hybridized carbons (Fsp3) is 0.391. The van der Waals surface area contributed by atoms with Gasteiger partial charge in [-0.2, -0.15) is 0 Å². The van der Waals surface area contributed by atoms with Crippen molar-refractivity contribution in [2.75, 3.05) is 37.9 Å². The lowest BCUT2D eigenvalue weighted by molar-refractivity contribution is -0.119. The molecule has 3 amide bonds. The molecule has 2 aliphatic rings. The summed E-state index contributed by atoms with van der Waals surface area (Å²) < 4.78 is 5.45. The van der Waals surface area contributed by atoms with Crippen LogP contribution in [0, 0.1) is 0 Å². The van der Waals surface area contributed by atoms with Gasteiger partial charge in [0.15, 0.2) is 0 Å². The van der Waals surface area contributed by atoms with E-state index in [4.69, 9.17) is 4.74 Å². The number of nitrogens with zero attached hydrogens (tertiary/aromatic N) is 2. The Morgan fingerprint density at radius 3 is 2.60 bits per heavy atom. The number of anilines is 2. The number of likely N-dealkylation sites (N-methyl/N-ethyl adjacent to an activating group) is 1. The van der Waals surface area contributed by atoms with Gasteiger partial charge in [0.1, 0.15) is 6.04 Å². The standard InChI is InChI=1S/C23H28N4O3/c1-26-11-10-16-12-19(9-8-17(16)14-26)24-22(28)21-13-20(30-2)15-27(21)23(29)25-18-6-4-3-5-7-18/h3-9,12,20-21H,10-11,13-15H2,1-2H3,(H,24,28)(H,25,29)/t20-,21-/m1/s1. The number of urea groups is 1. The molecule has 4 rings (SSSR count). The minimum Gasteiger partial charge on any atom is -0.380 e. The first-order valence-corrected chi connectivity index (χ1v) is 10.3. The quantitative estimate of drug-likeness (QED) is 0.816. The van der Waals surface area contributed by atoms with E-state index in [-0.39, 0.29) is 18.0 Å². The second-order valence-electron chi connectivity index (χ2n) is 8.02. The molecule has 0 radical (unpaired) electrons. The molecule has 0 spiro atoms. The largest absolute Gasteiger partial charge is 0.380 e. The number of nitrogens with one attached hydrogen (secondary N) is 2. The van der Waals surface area contributed by atoms with Crippen molar-refractivity contribution in [1.82, 2.24) is 9.80 Å². The van der Waals surface area contributed by atoms with E-state index in [1.165, 1.54) is 11.1 Å². The van der Waals surface area contributed by atoms with Crippen LogP contribution in [0.1, 0.15) is 17.5 Å². The Bertz CT molecular complexity index is 918. The minimum atomic E-state index is -0.583. The van der Waals surface area contributed by atoms with Crippen LogP contribution in [0.4, 0.5) is 16.2 Å². The summed E-state index contributed by atoms with van der Waals surface area (Å²) in [6.07, 6.45) is 1.28. The Kier molecular flexibility index (Phi) is 6.01. The summed E-state index contributed by atoms with van der Waals surface area (Å²) >= 11 is 0. The lowest BCUT2D eigenvalue weighted by atomic mass is 9.99. The van der Waals surface area contributed by atoms with Gasteiger partial charge < -0.3 is 25.2 Å². The summed E-state index contributed by atoms with van der Waals surface area (Å²) in [4.78, 5) is 29.8. The lowest BCUT2D eigenvalue weighted by Crippen LogP contribution is -2.45. The highest BCUT2D eigenvalue weighted by atomic mass is 16.5. The Hall–Kier alpha value is -2.90. The van der Waals surface area contributed by atoms with Gasteiger partial charge in [-0.15, -0.1) is 0 Å². The summed E-state index contributed by atoms with van der Waals surface area (Å²) in [5.41, 5.74) is 4.03. The van der Waals surface area contributed by atoms with Crippen LogP contribution in [0.3, 0.4) is 0 Å². The van der Waals surface area contributed by atoms with E-state index in [9.17, 15) is 9.59 Å².